The van der Waals surface area contributed by atoms with Crippen LogP contribution in [-0.4, -0.2) is 23.9 Å². The molecule has 0 amide bonds. The van der Waals surface area contributed by atoms with E-state index >= 15 is 0 Å². The summed E-state index contributed by atoms with van der Waals surface area (Å²) in [5.74, 6) is 0.904. The van der Waals surface area contributed by atoms with Gasteiger partial charge in [0.1, 0.15) is 10.8 Å². The van der Waals surface area contributed by atoms with Crippen molar-refractivity contribution in [3.63, 3.8) is 0 Å². The van der Waals surface area contributed by atoms with Gasteiger partial charge >= 0.3 is 0 Å². The average Bonchev–Trinajstić information content (AvgIpc) is 2.96. The van der Waals surface area contributed by atoms with Crippen LogP contribution in [0, 0.1) is 0 Å². The normalized spacial score (nSPS) is 10.8. The third kappa shape index (κ3) is 4.79. The summed E-state index contributed by atoms with van der Waals surface area (Å²) in [4.78, 5) is 0. The first-order valence-electron chi connectivity index (χ1n) is 7.54. The molecule has 114 valence electrons. The van der Waals surface area contributed by atoms with Crippen molar-refractivity contribution in [3.8, 4) is 16.3 Å². The molecule has 0 unspecified atom stereocenters. The van der Waals surface area contributed by atoms with Crippen molar-refractivity contribution >= 4 is 11.3 Å². The van der Waals surface area contributed by atoms with Crippen molar-refractivity contribution in [3.05, 3.63) is 29.3 Å². The molecule has 0 fully saturated rings. The number of para-hydroxylation sites is 1. The number of hydrogen-bond donors (Lipinski definition) is 1. The molecule has 21 heavy (non-hydrogen) atoms. The predicted molar refractivity (Wildman–Crippen MR) is 87.7 cm³/mol. The molecule has 0 aliphatic rings. The van der Waals surface area contributed by atoms with E-state index in [1.807, 2.05) is 31.3 Å². The van der Waals surface area contributed by atoms with Gasteiger partial charge < -0.3 is 10.1 Å². The highest BCUT2D eigenvalue weighted by Gasteiger charge is 2.11. The van der Waals surface area contributed by atoms with E-state index in [4.69, 9.17) is 4.74 Å². The lowest BCUT2D eigenvalue weighted by atomic mass is 10.2. The lowest BCUT2D eigenvalue weighted by Gasteiger charge is -2.09. The van der Waals surface area contributed by atoms with Crippen molar-refractivity contribution < 1.29 is 4.74 Å². The molecule has 2 aromatic rings. The fraction of sp³-hybridized carbons (Fsp3) is 0.500. The Morgan fingerprint density at radius 2 is 2.00 bits per heavy atom. The largest absolute Gasteiger partial charge is 0.493 e. The summed E-state index contributed by atoms with van der Waals surface area (Å²) in [5.41, 5.74) is 1.04. The van der Waals surface area contributed by atoms with Crippen molar-refractivity contribution in [1.29, 1.82) is 0 Å². The summed E-state index contributed by atoms with van der Waals surface area (Å²) < 4.78 is 5.93. The van der Waals surface area contributed by atoms with Crippen LogP contribution in [0.5, 0.6) is 5.75 Å². The van der Waals surface area contributed by atoms with Gasteiger partial charge in [-0.25, -0.2) is 0 Å². The van der Waals surface area contributed by atoms with E-state index < -0.39 is 0 Å². The molecule has 1 N–H and O–H groups in total. The maximum Gasteiger partial charge on any atom is 0.151 e. The molecule has 0 aliphatic heterocycles. The molecule has 0 spiro atoms. The van der Waals surface area contributed by atoms with E-state index in [9.17, 15) is 0 Å². The minimum absolute atomic E-state index is 0.748. The van der Waals surface area contributed by atoms with Gasteiger partial charge in [-0.2, -0.15) is 0 Å². The standard InChI is InChI=1S/C16H23N3OS/c1-3-4-5-8-11-20-14-10-7-6-9-13(14)16-19-18-15(21-16)12-17-2/h6-7,9-10,17H,3-5,8,11-12H2,1-2H3. The molecular formula is C16H23N3OS. The Hall–Kier alpha value is -1.46. The number of nitrogens with one attached hydrogen (secondary N) is 1. The van der Waals surface area contributed by atoms with Crippen LogP contribution in [0.25, 0.3) is 10.6 Å². The van der Waals surface area contributed by atoms with Gasteiger partial charge in [0.25, 0.3) is 0 Å². The minimum atomic E-state index is 0.748. The predicted octanol–water partition coefficient (Wildman–Crippen LogP) is 3.88. The molecule has 1 heterocycles. The van der Waals surface area contributed by atoms with Crippen LogP contribution in [0.15, 0.2) is 24.3 Å². The second-order valence-corrected chi connectivity index (χ2v) is 6.00. The van der Waals surface area contributed by atoms with Gasteiger partial charge in [-0.3, -0.25) is 0 Å². The Balaban J connectivity index is 2.01. The Bertz CT molecular complexity index is 542. The fourth-order valence-electron chi connectivity index (χ4n) is 2.07. The average molecular weight is 305 g/mol. The van der Waals surface area contributed by atoms with Crippen molar-refractivity contribution in [2.24, 2.45) is 0 Å². The number of nitrogens with zero attached hydrogens (tertiary/aromatic N) is 2. The van der Waals surface area contributed by atoms with Crippen molar-refractivity contribution in [1.82, 2.24) is 15.5 Å². The molecular weight excluding hydrogens is 282 g/mol. The van der Waals surface area contributed by atoms with E-state index in [0.717, 1.165) is 40.9 Å². The van der Waals surface area contributed by atoms with E-state index in [2.05, 4.69) is 22.4 Å². The summed E-state index contributed by atoms with van der Waals surface area (Å²) in [6.07, 6.45) is 4.84. The molecule has 0 atom stereocenters. The number of benzene rings is 1. The molecule has 0 aliphatic carbocycles. The van der Waals surface area contributed by atoms with Gasteiger partial charge in [0.05, 0.1) is 12.2 Å². The fourth-order valence-corrected chi connectivity index (χ4v) is 2.95. The summed E-state index contributed by atoms with van der Waals surface area (Å²) in [6.45, 7) is 3.73. The molecule has 2 rings (SSSR count). The highest BCUT2D eigenvalue weighted by atomic mass is 32.1. The van der Waals surface area contributed by atoms with E-state index in [0.29, 0.717) is 0 Å². The molecule has 0 saturated heterocycles. The van der Waals surface area contributed by atoms with Gasteiger partial charge in [-0.15, -0.1) is 10.2 Å². The number of ether oxygens (including phenoxy) is 1. The van der Waals surface area contributed by atoms with Crippen LogP contribution >= 0.6 is 11.3 Å². The number of aromatic nitrogens is 2. The summed E-state index contributed by atoms with van der Waals surface area (Å²) in [7, 11) is 1.91. The molecule has 0 bridgehead atoms. The molecule has 1 aromatic carbocycles. The highest BCUT2D eigenvalue weighted by molar-refractivity contribution is 7.14. The molecule has 4 nitrogen and oxygen atoms in total. The lowest BCUT2D eigenvalue weighted by Crippen LogP contribution is -2.04. The van der Waals surface area contributed by atoms with Gasteiger partial charge in [0.15, 0.2) is 5.01 Å². The minimum Gasteiger partial charge on any atom is -0.493 e. The maximum absolute atomic E-state index is 5.93. The van der Waals surface area contributed by atoms with Crippen LogP contribution in [-0.2, 0) is 6.54 Å². The first-order valence-corrected chi connectivity index (χ1v) is 8.36. The Morgan fingerprint density at radius 3 is 2.81 bits per heavy atom. The van der Waals surface area contributed by atoms with Crippen LogP contribution < -0.4 is 10.1 Å². The van der Waals surface area contributed by atoms with Crippen molar-refractivity contribution in [2.75, 3.05) is 13.7 Å². The summed E-state index contributed by atoms with van der Waals surface area (Å²) in [6, 6.07) is 8.07. The van der Waals surface area contributed by atoms with Gasteiger partial charge in [0.2, 0.25) is 0 Å². The zero-order chi connectivity index (χ0) is 14.9. The highest BCUT2D eigenvalue weighted by Crippen LogP contribution is 2.32. The first kappa shape index (κ1) is 15.9. The number of unbranched alkanes of at least 4 members (excludes halogenated alkanes) is 3. The van der Waals surface area contributed by atoms with Gasteiger partial charge in [0, 0.05) is 6.54 Å². The third-order valence-electron chi connectivity index (χ3n) is 3.17. The molecule has 1 aromatic heterocycles. The zero-order valence-corrected chi connectivity index (χ0v) is 13.6. The summed E-state index contributed by atoms with van der Waals surface area (Å²) in [5, 5.41) is 13.5. The van der Waals surface area contributed by atoms with Crippen molar-refractivity contribution in [2.45, 2.75) is 39.2 Å². The van der Waals surface area contributed by atoms with Gasteiger partial charge in [-0.05, 0) is 25.6 Å². The van der Waals surface area contributed by atoms with E-state index in [1.165, 1.54) is 19.3 Å². The monoisotopic (exact) mass is 305 g/mol. The molecule has 0 radical (unpaired) electrons. The molecule has 0 saturated carbocycles. The van der Waals surface area contributed by atoms with E-state index in [-0.39, 0.29) is 0 Å². The van der Waals surface area contributed by atoms with Gasteiger partial charge in [-0.1, -0.05) is 49.7 Å². The first-order chi connectivity index (χ1) is 10.3. The van der Waals surface area contributed by atoms with Crippen LogP contribution in [0.3, 0.4) is 0 Å². The van der Waals surface area contributed by atoms with Crippen LogP contribution in [0.2, 0.25) is 0 Å². The second-order valence-electron chi connectivity index (χ2n) is 4.94. The Labute approximate surface area is 130 Å². The second kappa shape index (κ2) is 8.74. The Morgan fingerprint density at radius 1 is 1.14 bits per heavy atom. The van der Waals surface area contributed by atoms with Crippen LogP contribution in [0.1, 0.15) is 37.6 Å². The zero-order valence-electron chi connectivity index (χ0n) is 12.8. The topological polar surface area (TPSA) is 47.0 Å². The Kier molecular flexibility index (Phi) is 6.63. The van der Waals surface area contributed by atoms with Crippen LogP contribution in [0.4, 0.5) is 0 Å². The maximum atomic E-state index is 5.93. The lowest BCUT2D eigenvalue weighted by molar-refractivity contribution is 0.306. The smallest absolute Gasteiger partial charge is 0.151 e. The molecule has 5 heteroatoms. The number of hydrogen-bond acceptors (Lipinski definition) is 5. The quantitative estimate of drug-likeness (QED) is 0.714. The van der Waals surface area contributed by atoms with E-state index in [1.54, 1.807) is 11.3 Å². The third-order valence-corrected chi connectivity index (χ3v) is 4.12. The SMILES string of the molecule is CCCCCCOc1ccccc1-c1nnc(CNC)s1. The number of rotatable bonds is 9. The summed E-state index contributed by atoms with van der Waals surface area (Å²) >= 11 is 1.61.